The summed E-state index contributed by atoms with van der Waals surface area (Å²) in [6, 6.07) is 9.94. The topological polar surface area (TPSA) is 43.9 Å². The Morgan fingerprint density at radius 2 is 1.96 bits per heavy atom. The largest absolute Gasteiger partial charge is 0.365 e. The summed E-state index contributed by atoms with van der Waals surface area (Å²) in [6.45, 7) is 5.47. The molecule has 0 aromatic heterocycles. The van der Waals surface area contributed by atoms with E-state index >= 15 is 0 Å². The van der Waals surface area contributed by atoms with Crippen molar-refractivity contribution in [2.75, 3.05) is 44.7 Å². The van der Waals surface area contributed by atoms with Crippen molar-refractivity contribution in [3.05, 3.63) is 30.3 Å². The highest BCUT2D eigenvalue weighted by Gasteiger charge is 2.49. The van der Waals surface area contributed by atoms with Crippen LogP contribution in [0.25, 0.3) is 0 Å². The van der Waals surface area contributed by atoms with Crippen molar-refractivity contribution in [3.63, 3.8) is 0 Å². The fraction of sp³-hybridized carbons (Fsp3) is 0.600. The van der Waals surface area contributed by atoms with E-state index in [-0.39, 0.29) is 17.2 Å². The van der Waals surface area contributed by atoms with E-state index in [9.17, 15) is 9.59 Å². The van der Waals surface area contributed by atoms with Gasteiger partial charge in [-0.15, -0.1) is 0 Å². The van der Waals surface area contributed by atoms with E-state index < -0.39 is 0 Å². The van der Waals surface area contributed by atoms with Gasteiger partial charge in [-0.05, 0) is 37.8 Å². The molecule has 0 bridgehead atoms. The molecule has 0 N–H and O–H groups in total. The molecule has 2 fully saturated rings. The number of nitrogens with zero attached hydrogens (tertiary/aromatic N) is 3. The van der Waals surface area contributed by atoms with Crippen molar-refractivity contribution in [1.29, 1.82) is 0 Å². The number of rotatable bonds is 5. The van der Waals surface area contributed by atoms with Crippen LogP contribution in [-0.2, 0) is 9.59 Å². The van der Waals surface area contributed by atoms with Crippen LogP contribution in [0.1, 0.15) is 32.6 Å². The van der Waals surface area contributed by atoms with Crippen LogP contribution < -0.4 is 4.90 Å². The Labute approximate surface area is 150 Å². The average Bonchev–Trinajstić information content (AvgIpc) is 3.05. The van der Waals surface area contributed by atoms with Gasteiger partial charge in [0, 0.05) is 38.9 Å². The molecule has 3 rings (SSSR count). The predicted molar refractivity (Wildman–Crippen MR) is 99.4 cm³/mol. The second-order valence-corrected chi connectivity index (χ2v) is 7.43. The number of benzene rings is 1. The van der Waals surface area contributed by atoms with Gasteiger partial charge >= 0.3 is 0 Å². The van der Waals surface area contributed by atoms with Gasteiger partial charge in [-0.3, -0.25) is 9.59 Å². The van der Waals surface area contributed by atoms with Crippen molar-refractivity contribution < 1.29 is 9.59 Å². The maximum Gasteiger partial charge on any atom is 0.242 e. The number of likely N-dealkylation sites (tertiary alicyclic amines) is 2. The molecule has 1 atom stereocenters. The highest BCUT2D eigenvalue weighted by atomic mass is 16.2. The Kier molecular flexibility index (Phi) is 5.30. The smallest absolute Gasteiger partial charge is 0.242 e. The third-order valence-electron chi connectivity index (χ3n) is 5.59. The number of hydrogen-bond acceptors (Lipinski definition) is 3. The number of carbonyl (C=O) groups excluding carboxylic acids is 2. The quantitative estimate of drug-likeness (QED) is 0.824. The molecule has 0 aliphatic carbocycles. The minimum absolute atomic E-state index is 0.114. The van der Waals surface area contributed by atoms with Gasteiger partial charge in [-0.2, -0.15) is 0 Å². The molecule has 1 spiro atoms. The SMILES string of the molecule is CCCN1CCCC2(CCN(C(=O)CN(C)c3ccccc3)C2)C1=O. The van der Waals surface area contributed by atoms with E-state index in [0.717, 1.165) is 44.5 Å². The van der Waals surface area contributed by atoms with Crippen LogP contribution >= 0.6 is 0 Å². The summed E-state index contributed by atoms with van der Waals surface area (Å²) >= 11 is 0. The van der Waals surface area contributed by atoms with Gasteiger partial charge < -0.3 is 14.7 Å². The first-order valence-electron chi connectivity index (χ1n) is 9.39. The summed E-state index contributed by atoms with van der Waals surface area (Å²) in [6.07, 6.45) is 3.78. The van der Waals surface area contributed by atoms with Crippen LogP contribution in [0.5, 0.6) is 0 Å². The van der Waals surface area contributed by atoms with E-state index in [1.54, 1.807) is 0 Å². The molecule has 0 radical (unpaired) electrons. The van der Waals surface area contributed by atoms with Gasteiger partial charge in [0.25, 0.3) is 0 Å². The lowest BCUT2D eigenvalue weighted by Crippen LogP contribution is -2.51. The first-order chi connectivity index (χ1) is 12.1. The Bertz CT molecular complexity index is 617. The van der Waals surface area contributed by atoms with Crippen molar-refractivity contribution >= 4 is 17.5 Å². The lowest BCUT2D eigenvalue weighted by molar-refractivity contribution is -0.146. The Morgan fingerprint density at radius 3 is 2.68 bits per heavy atom. The number of para-hydroxylation sites is 1. The molecular formula is C20H29N3O2. The molecule has 136 valence electrons. The number of likely N-dealkylation sites (N-methyl/N-ethyl adjacent to an activating group) is 1. The van der Waals surface area contributed by atoms with Gasteiger partial charge in [-0.25, -0.2) is 0 Å². The first kappa shape index (κ1) is 17.8. The maximum absolute atomic E-state index is 12.9. The summed E-state index contributed by atoms with van der Waals surface area (Å²) in [5.41, 5.74) is 0.710. The molecule has 0 saturated carbocycles. The average molecular weight is 343 g/mol. The molecule has 2 aliphatic heterocycles. The van der Waals surface area contributed by atoms with Crippen LogP contribution in [0.15, 0.2) is 30.3 Å². The fourth-order valence-electron chi connectivity index (χ4n) is 4.18. The van der Waals surface area contributed by atoms with Crippen molar-refractivity contribution in [2.24, 2.45) is 5.41 Å². The van der Waals surface area contributed by atoms with Gasteiger partial charge in [0.15, 0.2) is 0 Å². The Hall–Kier alpha value is -2.04. The van der Waals surface area contributed by atoms with E-state index in [0.29, 0.717) is 19.6 Å². The molecule has 2 heterocycles. The fourth-order valence-corrected chi connectivity index (χ4v) is 4.18. The molecular weight excluding hydrogens is 314 g/mol. The summed E-state index contributed by atoms with van der Waals surface area (Å²) in [7, 11) is 1.94. The summed E-state index contributed by atoms with van der Waals surface area (Å²) < 4.78 is 0. The van der Waals surface area contributed by atoms with E-state index in [2.05, 4.69) is 6.92 Å². The Morgan fingerprint density at radius 1 is 1.20 bits per heavy atom. The second kappa shape index (κ2) is 7.46. The van der Waals surface area contributed by atoms with Crippen molar-refractivity contribution in [1.82, 2.24) is 9.80 Å². The van der Waals surface area contributed by atoms with Crippen LogP contribution in [-0.4, -0.2) is 61.4 Å². The minimum atomic E-state index is -0.325. The second-order valence-electron chi connectivity index (χ2n) is 7.43. The summed E-state index contributed by atoms with van der Waals surface area (Å²) in [5, 5.41) is 0. The molecule has 1 unspecified atom stereocenters. The molecule has 2 amide bonds. The lowest BCUT2D eigenvalue weighted by Gasteiger charge is -2.39. The number of carbonyl (C=O) groups is 2. The zero-order chi connectivity index (χ0) is 17.9. The predicted octanol–water partition coefficient (Wildman–Crippen LogP) is 2.37. The van der Waals surface area contributed by atoms with Gasteiger partial charge in [0.05, 0.1) is 12.0 Å². The molecule has 25 heavy (non-hydrogen) atoms. The monoisotopic (exact) mass is 343 g/mol. The van der Waals surface area contributed by atoms with E-state index in [1.165, 1.54) is 0 Å². The molecule has 5 nitrogen and oxygen atoms in total. The van der Waals surface area contributed by atoms with Crippen LogP contribution in [0.3, 0.4) is 0 Å². The number of amides is 2. The van der Waals surface area contributed by atoms with Crippen LogP contribution in [0.2, 0.25) is 0 Å². The first-order valence-corrected chi connectivity index (χ1v) is 9.39. The number of hydrogen-bond donors (Lipinski definition) is 0. The molecule has 2 saturated heterocycles. The summed E-state index contributed by atoms with van der Waals surface area (Å²) in [5.74, 6) is 0.385. The Balaban J connectivity index is 1.62. The third-order valence-corrected chi connectivity index (χ3v) is 5.59. The highest BCUT2D eigenvalue weighted by Crippen LogP contribution is 2.40. The molecule has 5 heteroatoms. The van der Waals surface area contributed by atoms with Gasteiger partial charge in [0.1, 0.15) is 0 Å². The number of anilines is 1. The standard InChI is InChI=1S/C20H29N3O2/c1-3-12-22-13-7-10-20(19(22)25)11-14-23(16-20)18(24)15-21(2)17-8-5-4-6-9-17/h4-6,8-9H,3,7,10-16H2,1-2H3. The van der Waals surface area contributed by atoms with Crippen molar-refractivity contribution in [3.8, 4) is 0 Å². The van der Waals surface area contributed by atoms with Crippen LogP contribution in [0, 0.1) is 5.41 Å². The van der Waals surface area contributed by atoms with Crippen molar-refractivity contribution in [2.45, 2.75) is 32.6 Å². The molecule has 1 aromatic rings. The number of piperidine rings is 1. The zero-order valence-corrected chi connectivity index (χ0v) is 15.4. The lowest BCUT2D eigenvalue weighted by atomic mass is 9.78. The molecule has 1 aromatic carbocycles. The highest BCUT2D eigenvalue weighted by molar-refractivity contribution is 5.87. The maximum atomic E-state index is 12.9. The summed E-state index contributed by atoms with van der Waals surface area (Å²) in [4.78, 5) is 31.5. The third kappa shape index (κ3) is 3.65. The van der Waals surface area contributed by atoms with E-state index in [4.69, 9.17) is 0 Å². The van der Waals surface area contributed by atoms with Crippen LogP contribution in [0.4, 0.5) is 5.69 Å². The van der Waals surface area contributed by atoms with Gasteiger partial charge in [-0.1, -0.05) is 25.1 Å². The normalized spacial score (nSPS) is 23.4. The zero-order valence-electron chi connectivity index (χ0n) is 15.4. The molecule has 2 aliphatic rings. The minimum Gasteiger partial charge on any atom is -0.365 e. The van der Waals surface area contributed by atoms with Gasteiger partial charge in [0.2, 0.25) is 11.8 Å². The van der Waals surface area contributed by atoms with E-state index in [1.807, 2.05) is 52.1 Å².